The summed E-state index contributed by atoms with van der Waals surface area (Å²) in [6, 6.07) is 17.9. The van der Waals surface area contributed by atoms with Gasteiger partial charge in [-0.05, 0) is 54.1 Å². The van der Waals surface area contributed by atoms with Crippen LogP contribution in [0.5, 0.6) is 11.5 Å². The molecule has 0 heterocycles. The van der Waals surface area contributed by atoms with E-state index >= 15 is 0 Å². The summed E-state index contributed by atoms with van der Waals surface area (Å²) in [5.74, 6) is 0.229. The zero-order valence-corrected chi connectivity index (χ0v) is 16.3. The van der Waals surface area contributed by atoms with E-state index in [0.717, 1.165) is 5.56 Å². The number of amides is 1. The Kier molecular flexibility index (Phi) is 6.81. The van der Waals surface area contributed by atoms with Crippen molar-refractivity contribution in [3.8, 4) is 11.5 Å². The lowest BCUT2D eigenvalue weighted by Gasteiger charge is -2.12. The van der Waals surface area contributed by atoms with Gasteiger partial charge in [0.15, 0.2) is 11.5 Å². The third kappa shape index (κ3) is 5.56. The highest BCUT2D eigenvalue weighted by molar-refractivity contribution is 6.31. The van der Waals surface area contributed by atoms with Crippen LogP contribution in [0.4, 0.5) is 4.39 Å². The van der Waals surface area contributed by atoms with Gasteiger partial charge in [-0.25, -0.2) is 9.82 Å². The Hall–Kier alpha value is -3.38. The van der Waals surface area contributed by atoms with Crippen LogP contribution in [-0.4, -0.2) is 19.2 Å². The summed E-state index contributed by atoms with van der Waals surface area (Å²) in [5, 5.41) is 4.55. The highest BCUT2D eigenvalue weighted by atomic mass is 35.5. The van der Waals surface area contributed by atoms with E-state index in [1.807, 2.05) is 18.2 Å². The number of methoxy groups -OCH3 is 1. The van der Waals surface area contributed by atoms with E-state index in [9.17, 15) is 9.18 Å². The van der Waals surface area contributed by atoms with Gasteiger partial charge in [-0.2, -0.15) is 5.10 Å². The SMILES string of the molecule is COc1cc(/C=N/NC(=O)c2ccc(F)cc2)ccc1OCc1ccccc1Cl. The van der Waals surface area contributed by atoms with Gasteiger partial charge in [0.25, 0.3) is 5.91 Å². The van der Waals surface area contributed by atoms with Crippen molar-refractivity contribution in [3.63, 3.8) is 0 Å². The Morgan fingerprint density at radius 1 is 1.10 bits per heavy atom. The molecule has 0 radical (unpaired) electrons. The van der Waals surface area contributed by atoms with E-state index in [2.05, 4.69) is 10.5 Å². The van der Waals surface area contributed by atoms with Gasteiger partial charge >= 0.3 is 0 Å². The average molecular weight is 413 g/mol. The van der Waals surface area contributed by atoms with Crippen molar-refractivity contribution in [1.29, 1.82) is 0 Å². The largest absolute Gasteiger partial charge is 0.493 e. The maximum absolute atomic E-state index is 12.9. The third-order valence-corrected chi connectivity index (χ3v) is 4.38. The summed E-state index contributed by atoms with van der Waals surface area (Å²) in [4.78, 5) is 12.0. The first-order chi connectivity index (χ1) is 14.1. The Labute approximate surface area is 172 Å². The Balaban J connectivity index is 1.63. The molecule has 0 atom stereocenters. The predicted molar refractivity (Wildman–Crippen MR) is 110 cm³/mol. The Morgan fingerprint density at radius 2 is 1.86 bits per heavy atom. The maximum Gasteiger partial charge on any atom is 0.271 e. The molecule has 1 amide bonds. The second-order valence-electron chi connectivity index (χ2n) is 6.00. The van der Waals surface area contributed by atoms with Crippen LogP contribution in [0.3, 0.4) is 0 Å². The molecule has 0 aromatic heterocycles. The van der Waals surface area contributed by atoms with Crippen molar-refractivity contribution in [2.75, 3.05) is 7.11 Å². The molecule has 0 saturated carbocycles. The fourth-order valence-corrected chi connectivity index (χ4v) is 2.68. The van der Waals surface area contributed by atoms with Gasteiger partial charge in [0.1, 0.15) is 12.4 Å². The summed E-state index contributed by atoms with van der Waals surface area (Å²) in [6.07, 6.45) is 1.47. The monoisotopic (exact) mass is 412 g/mol. The van der Waals surface area contributed by atoms with E-state index in [4.69, 9.17) is 21.1 Å². The van der Waals surface area contributed by atoms with Gasteiger partial charge in [0.05, 0.1) is 13.3 Å². The predicted octanol–water partition coefficient (Wildman–Crippen LogP) is 4.83. The Morgan fingerprint density at radius 3 is 2.59 bits per heavy atom. The van der Waals surface area contributed by atoms with Crippen molar-refractivity contribution in [2.24, 2.45) is 5.10 Å². The fourth-order valence-electron chi connectivity index (χ4n) is 2.49. The van der Waals surface area contributed by atoms with Crippen molar-refractivity contribution >= 4 is 23.7 Å². The number of nitrogens with zero attached hydrogens (tertiary/aromatic N) is 1. The number of benzene rings is 3. The molecule has 7 heteroatoms. The second-order valence-corrected chi connectivity index (χ2v) is 6.40. The third-order valence-electron chi connectivity index (χ3n) is 4.01. The minimum absolute atomic E-state index is 0.303. The second kappa shape index (κ2) is 9.71. The van der Waals surface area contributed by atoms with Crippen LogP contribution in [0.1, 0.15) is 21.5 Å². The lowest BCUT2D eigenvalue weighted by molar-refractivity contribution is 0.0955. The highest BCUT2D eigenvalue weighted by Gasteiger charge is 2.08. The number of hydrogen-bond acceptors (Lipinski definition) is 4. The Bertz CT molecular complexity index is 1020. The summed E-state index contributed by atoms with van der Waals surface area (Å²) in [5.41, 5.74) is 4.27. The molecule has 0 unspecified atom stereocenters. The first-order valence-electron chi connectivity index (χ1n) is 8.70. The van der Waals surface area contributed by atoms with Gasteiger partial charge in [0.2, 0.25) is 0 Å². The normalized spacial score (nSPS) is 10.7. The molecule has 3 aromatic carbocycles. The average Bonchev–Trinajstić information content (AvgIpc) is 2.74. The highest BCUT2D eigenvalue weighted by Crippen LogP contribution is 2.29. The lowest BCUT2D eigenvalue weighted by Crippen LogP contribution is -2.17. The van der Waals surface area contributed by atoms with Crippen molar-refractivity contribution in [1.82, 2.24) is 5.43 Å². The fraction of sp³-hybridized carbons (Fsp3) is 0.0909. The number of carbonyl (C=O) groups excluding carboxylic acids is 1. The van der Waals surface area contributed by atoms with Crippen LogP contribution < -0.4 is 14.9 Å². The number of hydrogen-bond donors (Lipinski definition) is 1. The molecule has 0 aliphatic carbocycles. The van der Waals surface area contributed by atoms with E-state index in [-0.39, 0.29) is 0 Å². The van der Waals surface area contributed by atoms with Gasteiger partial charge in [-0.1, -0.05) is 29.8 Å². The number of carbonyl (C=O) groups is 1. The number of hydrazone groups is 1. The number of rotatable bonds is 7. The zero-order chi connectivity index (χ0) is 20.6. The molecule has 5 nitrogen and oxygen atoms in total. The minimum Gasteiger partial charge on any atom is -0.493 e. The standard InChI is InChI=1S/C22H18ClFN2O3/c1-28-21-12-15(13-25-26-22(27)16-7-9-18(24)10-8-16)6-11-20(21)29-14-17-4-2-3-5-19(17)23/h2-13H,14H2,1H3,(H,26,27)/b25-13+. The molecule has 0 bridgehead atoms. The van der Waals surface area contributed by atoms with Crippen LogP contribution in [0.15, 0.2) is 71.8 Å². The number of halogens is 2. The van der Waals surface area contributed by atoms with Crippen LogP contribution in [0.25, 0.3) is 0 Å². The van der Waals surface area contributed by atoms with Gasteiger partial charge < -0.3 is 9.47 Å². The van der Waals surface area contributed by atoms with Gasteiger partial charge in [-0.3, -0.25) is 4.79 Å². The van der Waals surface area contributed by atoms with Crippen molar-refractivity contribution in [2.45, 2.75) is 6.61 Å². The van der Waals surface area contributed by atoms with Gasteiger partial charge in [-0.15, -0.1) is 0 Å². The summed E-state index contributed by atoms with van der Waals surface area (Å²) in [7, 11) is 1.54. The van der Waals surface area contributed by atoms with Crippen LogP contribution in [0.2, 0.25) is 5.02 Å². The number of nitrogens with one attached hydrogen (secondary N) is 1. The molecule has 1 N–H and O–H groups in total. The van der Waals surface area contributed by atoms with Crippen LogP contribution in [-0.2, 0) is 6.61 Å². The van der Waals surface area contributed by atoms with Gasteiger partial charge in [0, 0.05) is 16.1 Å². The first kappa shape index (κ1) is 20.4. The van der Waals surface area contributed by atoms with E-state index in [1.54, 1.807) is 24.3 Å². The van der Waals surface area contributed by atoms with E-state index < -0.39 is 11.7 Å². The summed E-state index contributed by atoms with van der Waals surface area (Å²) >= 11 is 6.14. The minimum atomic E-state index is -0.437. The van der Waals surface area contributed by atoms with Crippen molar-refractivity contribution < 1.29 is 18.7 Å². The van der Waals surface area contributed by atoms with E-state index in [1.165, 1.54) is 37.6 Å². The number of ether oxygens (including phenoxy) is 2. The molecule has 29 heavy (non-hydrogen) atoms. The molecule has 0 aliphatic rings. The smallest absolute Gasteiger partial charge is 0.271 e. The molecule has 148 valence electrons. The molecule has 0 fully saturated rings. The topological polar surface area (TPSA) is 59.9 Å². The molecular formula is C22H18ClFN2O3. The summed E-state index contributed by atoms with van der Waals surface area (Å²) in [6.45, 7) is 0.303. The van der Waals surface area contributed by atoms with Crippen LogP contribution in [0, 0.1) is 5.82 Å². The molecule has 0 saturated heterocycles. The maximum atomic E-state index is 12.9. The zero-order valence-electron chi connectivity index (χ0n) is 15.6. The molecule has 3 rings (SSSR count). The van der Waals surface area contributed by atoms with Crippen molar-refractivity contribution in [3.05, 3.63) is 94.3 Å². The molecule has 0 spiro atoms. The van der Waals surface area contributed by atoms with E-state index in [0.29, 0.717) is 34.3 Å². The molecule has 3 aromatic rings. The van der Waals surface area contributed by atoms with Crippen LogP contribution >= 0.6 is 11.6 Å². The lowest BCUT2D eigenvalue weighted by atomic mass is 10.2. The quantitative estimate of drug-likeness (QED) is 0.446. The molecular weight excluding hydrogens is 395 g/mol. The summed E-state index contributed by atoms with van der Waals surface area (Å²) < 4.78 is 24.1. The first-order valence-corrected chi connectivity index (χ1v) is 9.08. The molecule has 0 aliphatic heterocycles.